The molecule has 76 valence electrons. The second kappa shape index (κ2) is 5.59. The molecule has 0 aliphatic rings. The summed E-state index contributed by atoms with van der Waals surface area (Å²) in [5.41, 5.74) is 0.528. The van der Waals surface area contributed by atoms with Crippen molar-refractivity contribution in [2.75, 3.05) is 14.1 Å². The summed E-state index contributed by atoms with van der Waals surface area (Å²) in [5.74, 6) is 0.708. The number of aromatic nitrogens is 1. The maximum Gasteiger partial charge on any atom is 0.283 e. The second-order valence-electron chi connectivity index (χ2n) is 2.82. The summed E-state index contributed by atoms with van der Waals surface area (Å²) in [5, 5.41) is 2.29. The maximum absolute atomic E-state index is 10.9. The lowest BCUT2D eigenvalue weighted by molar-refractivity contribution is 0.307. The number of hydrogen-bond donors (Lipinski definition) is 1. The molecule has 1 N–H and O–H groups in total. The zero-order chi connectivity index (χ0) is 10.4. The Kier molecular flexibility index (Phi) is 5.14. The van der Waals surface area contributed by atoms with E-state index in [2.05, 4.69) is 5.16 Å². The number of rotatable bonds is 2. The lowest BCUT2D eigenvalue weighted by Crippen LogP contribution is -2.12. The summed E-state index contributed by atoms with van der Waals surface area (Å²) in [6, 6.07) is 0. The number of nitrogens with zero attached hydrogens (tertiary/aromatic N) is 1. The largest absolute Gasteiger partial charge is 0.382 e. The van der Waals surface area contributed by atoms with Gasteiger partial charge in [0, 0.05) is 0 Å². The maximum atomic E-state index is 10.9. The Labute approximate surface area is 78.5 Å². The van der Waals surface area contributed by atoms with Crippen LogP contribution in [0.15, 0.2) is 9.32 Å². The van der Waals surface area contributed by atoms with Gasteiger partial charge in [-0.2, -0.15) is 5.16 Å². The van der Waals surface area contributed by atoms with Crippen LogP contribution in [-0.4, -0.2) is 24.2 Å². The number of aromatic amines is 1. The van der Waals surface area contributed by atoms with Crippen molar-refractivity contribution in [3.63, 3.8) is 0 Å². The van der Waals surface area contributed by atoms with Crippen molar-refractivity contribution >= 4 is 0 Å². The van der Waals surface area contributed by atoms with Crippen molar-refractivity contribution in [3.8, 4) is 0 Å². The van der Waals surface area contributed by atoms with E-state index in [0.717, 1.165) is 0 Å². The Hall–Kier alpha value is -1.03. The summed E-state index contributed by atoms with van der Waals surface area (Å²) in [4.78, 5) is 12.8. The van der Waals surface area contributed by atoms with Gasteiger partial charge in [0.1, 0.15) is 0 Å². The molecule has 1 aromatic heterocycles. The number of nitrogens with one attached hydrogen (secondary N) is 1. The van der Waals surface area contributed by atoms with E-state index in [0.29, 0.717) is 17.9 Å². The van der Waals surface area contributed by atoms with Gasteiger partial charge in [0.2, 0.25) is 0 Å². The first kappa shape index (κ1) is 12.0. The Morgan fingerprint density at radius 2 is 1.92 bits per heavy atom. The molecule has 0 radical (unpaired) electrons. The molecule has 4 heteroatoms. The first-order valence-electron chi connectivity index (χ1n) is 4.43. The van der Waals surface area contributed by atoms with Crippen LogP contribution in [0.25, 0.3) is 0 Å². The fourth-order valence-corrected chi connectivity index (χ4v) is 0.826. The van der Waals surface area contributed by atoms with Gasteiger partial charge in [-0.05, 0) is 21.0 Å². The van der Waals surface area contributed by atoms with E-state index in [9.17, 15) is 4.79 Å². The van der Waals surface area contributed by atoms with Crippen molar-refractivity contribution in [3.05, 3.63) is 21.7 Å². The van der Waals surface area contributed by atoms with E-state index in [4.69, 9.17) is 4.52 Å². The molecule has 4 nitrogen and oxygen atoms in total. The molecule has 1 aromatic rings. The smallest absolute Gasteiger partial charge is 0.283 e. The summed E-state index contributed by atoms with van der Waals surface area (Å²) in [7, 11) is 3.85. The molecule has 0 aliphatic carbocycles. The molecule has 0 amide bonds. The van der Waals surface area contributed by atoms with Crippen LogP contribution in [0.5, 0.6) is 0 Å². The third-order valence-electron chi connectivity index (χ3n) is 1.49. The topological polar surface area (TPSA) is 49.2 Å². The van der Waals surface area contributed by atoms with Crippen LogP contribution in [0.1, 0.15) is 25.2 Å². The molecule has 0 bridgehead atoms. The lowest BCUT2D eigenvalue weighted by Gasteiger charge is -2.05. The van der Waals surface area contributed by atoms with Crippen LogP contribution in [0.3, 0.4) is 0 Å². The molecule has 0 saturated heterocycles. The monoisotopic (exact) mass is 186 g/mol. The van der Waals surface area contributed by atoms with Crippen LogP contribution < -0.4 is 5.56 Å². The summed E-state index contributed by atoms with van der Waals surface area (Å²) in [6.07, 6.45) is 0. The fourth-order valence-electron chi connectivity index (χ4n) is 0.826. The van der Waals surface area contributed by atoms with Crippen LogP contribution >= 0.6 is 0 Å². The van der Waals surface area contributed by atoms with Gasteiger partial charge < -0.3 is 9.42 Å². The van der Waals surface area contributed by atoms with E-state index < -0.39 is 0 Å². The van der Waals surface area contributed by atoms with Gasteiger partial charge in [0.05, 0.1) is 12.1 Å². The van der Waals surface area contributed by atoms with E-state index in [1.807, 2.05) is 32.8 Å². The Bertz CT molecular complexity index is 286. The standard InChI is InChI=1S/C7H12N2O2.C2H6/c1-5-6(4-9(2)3)11-8-7(5)10;1-2/h4H2,1-3H3,(H,8,10);1-2H3. The first-order valence-corrected chi connectivity index (χ1v) is 4.43. The molecule has 0 atom stereocenters. The van der Waals surface area contributed by atoms with Gasteiger partial charge in [0.25, 0.3) is 5.56 Å². The number of hydrogen-bond acceptors (Lipinski definition) is 3. The minimum atomic E-state index is -0.137. The second-order valence-corrected chi connectivity index (χ2v) is 2.82. The lowest BCUT2D eigenvalue weighted by atomic mass is 10.3. The summed E-state index contributed by atoms with van der Waals surface area (Å²) < 4.78 is 4.93. The third-order valence-corrected chi connectivity index (χ3v) is 1.49. The molecular formula is C9H18N2O2. The van der Waals surface area contributed by atoms with Gasteiger partial charge in [-0.15, -0.1) is 0 Å². The average molecular weight is 186 g/mol. The van der Waals surface area contributed by atoms with Crippen molar-refractivity contribution in [1.82, 2.24) is 10.1 Å². The summed E-state index contributed by atoms with van der Waals surface area (Å²) in [6.45, 7) is 6.41. The highest BCUT2D eigenvalue weighted by Crippen LogP contribution is 2.02. The predicted octanol–water partition coefficient (Wildman–Crippen LogP) is 1.36. The first-order chi connectivity index (χ1) is 6.11. The van der Waals surface area contributed by atoms with Gasteiger partial charge >= 0.3 is 0 Å². The molecule has 0 aliphatic heterocycles. The minimum absolute atomic E-state index is 0.137. The zero-order valence-electron chi connectivity index (χ0n) is 8.97. The van der Waals surface area contributed by atoms with Gasteiger partial charge in [0.15, 0.2) is 5.76 Å². The molecular weight excluding hydrogens is 168 g/mol. The Morgan fingerprint density at radius 1 is 1.38 bits per heavy atom. The van der Waals surface area contributed by atoms with Crippen molar-refractivity contribution in [2.24, 2.45) is 0 Å². The predicted molar refractivity (Wildman–Crippen MR) is 52.8 cm³/mol. The molecule has 0 fully saturated rings. The molecule has 0 saturated carbocycles. The quantitative estimate of drug-likeness (QED) is 0.758. The molecule has 0 spiro atoms. The minimum Gasteiger partial charge on any atom is -0.382 e. The fraction of sp³-hybridized carbons (Fsp3) is 0.667. The third kappa shape index (κ3) is 3.46. The normalized spacial score (nSPS) is 9.69. The zero-order valence-corrected chi connectivity index (χ0v) is 8.97. The van der Waals surface area contributed by atoms with Gasteiger partial charge in [-0.1, -0.05) is 13.8 Å². The molecule has 1 rings (SSSR count). The van der Waals surface area contributed by atoms with E-state index in [-0.39, 0.29) is 5.56 Å². The highest BCUT2D eigenvalue weighted by atomic mass is 16.5. The van der Waals surface area contributed by atoms with Crippen LogP contribution in [-0.2, 0) is 6.54 Å². The van der Waals surface area contributed by atoms with Crippen LogP contribution in [0.2, 0.25) is 0 Å². The SMILES string of the molecule is CC.Cc1c(CN(C)C)o[nH]c1=O. The van der Waals surface area contributed by atoms with E-state index in [1.54, 1.807) is 6.92 Å². The van der Waals surface area contributed by atoms with Crippen molar-refractivity contribution in [1.29, 1.82) is 0 Å². The average Bonchev–Trinajstić information content (AvgIpc) is 2.39. The molecule has 0 unspecified atom stereocenters. The van der Waals surface area contributed by atoms with E-state index in [1.165, 1.54) is 0 Å². The molecule has 0 aromatic carbocycles. The van der Waals surface area contributed by atoms with E-state index >= 15 is 0 Å². The Balaban J connectivity index is 0.000000671. The van der Waals surface area contributed by atoms with Crippen molar-refractivity contribution in [2.45, 2.75) is 27.3 Å². The molecule has 1 heterocycles. The highest BCUT2D eigenvalue weighted by molar-refractivity contribution is 5.10. The van der Waals surface area contributed by atoms with Crippen LogP contribution in [0.4, 0.5) is 0 Å². The van der Waals surface area contributed by atoms with Crippen LogP contribution in [0, 0.1) is 6.92 Å². The Morgan fingerprint density at radius 3 is 2.23 bits per heavy atom. The molecule has 13 heavy (non-hydrogen) atoms. The van der Waals surface area contributed by atoms with Gasteiger partial charge in [-0.3, -0.25) is 4.79 Å². The highest BCUT2D eigenvalue weighted by Gasteiger charge is 2.07. The summed E-state index contributed by atoms with van der Waals surface area (Å²) >= 11 is 0. The van der Waals surface area contributed by atoms with Gasteiger partial charge in [-0.25, -0.2) is 0 Å². The van der Waals surface area contributed by atoms with Crippen molar-refractivity contribution < 1.29 is 4.52 Å². The number of H-pyrrole nitrogens is 1.